The van der Waals surface area contributed by atoms with Crippen LogP contribution in [0.3, 0.4) is 0 Å². The first kappa shape index (κ1) is 21.6. The molecular weight excluding hydrogens is 433 g/mol. The van der Waals surface area contributed by atoms with Crippen LogP contribution in [-0.2, 0) is 11.2 Å². The normalized spacial score (nSPS) is 19.0. The highest BCUT2D eigenvalue weighted by Gasteiger charge is 2.41. The van der Waals surface area contributed by atoms with Gasteiger partial charge in [-0.25, -0.2) is 4.39 Å². The van der Waals surface area contributed by atoms with E-state index in [4.69, 9.17) is 17.3 Å². The third kappa shape index (κ3) is 3.88. The highest BCUT2D eigenvalue weighted by Crippen LogP contribution is 2.48. The maximum atomic E-state index is 13.8. The molecular formula is C24H23ClFN3OS. The van der Waals surface area contributed by atoms with Crippen molar-refractivity contribution in [3.63, 3.8) is 0 Å². The number of nitrogens with two attached hydrogens (primary N) is 1. The number of Topliss-reactive ketones (excluding diaryl/α,β-unsaturated/α-hetero) is 1. The van der Waals surface area contributed by atoms with E-state index in [1.807, 2.05) is 6.07 Å². The zero-order valence-corrected chi connectivity index (χ0v) is 18.8. The summed E-state index contributed by atoms with van der Waals surface area (Å²) in [6.45, 7) is 2.15. The topological polar surface area (TPSA) is 70.1 Å². The van der Waals surface area contributed by atoms with Crippen molar-refractivity contribution in [2.45, 2.75) is 51.4 Å². The van der Waals surface area contributed by atoms with Crippen molar-refractivity contribution in [1.82, 2.24) is 0 Å². The lowest BCUT2D eigenvalue weighted by Crippen LogP contribution is -2.38. The van der Waals surface area contributed by atoms with Crippen molar-refractivity contribution < 1.29 is 9.18 Å². The first-order valence-electron chi connectivity index (χ1n) is 10.5. The number of unbranched alkanes of at least 4 members (excludes halogenated alkanes) is 1. The summed E-state index contributed by atoms with van der Waals surface area (Å²) in [5.74, 6) is -0.684. The number of halogens is 2. The van der Waals surface area contributed by atoms with Crippen LogP contribution >= 0.6 is 22.9 Å². The lowest BCUT2D eigenvalue weighted by atomic mass is 9.78. The molecule has 4 rings (SSSR count). The lowest BCUT2D eigenvalue weighted by Gasteiger charge is -2.39. The number of rotatable bonds is 5. The minimum Gasteiger partial charge on any atom is -0.384 e. The molecule has 0 radical (unpaired) electrons. The number of nitrogens with zero attached hydrogens (tertiary/aromatic N) is 2. The van der Waals surface area contributed by atoms with Gasteiger partial charge in [0.1, 0.15) is 11.6 Å². The van der Waals surface area contributed by atoms with Crippen LogP contribution in [0.25, 0.3) is 0 Å². The molecule has 0 fully saturated rings. The van der Waals surface area contributed by atoms with Crippen molar-refractivity contribution >= 4 is 34.4 Å². The van der Waals surface area contributed by atoms with Gasteiger partial charge >= 0.3 is 0 Å². The predicted octanol–water partition coefficient (Wildman–Crippen LogP) is 6.19. The van der Waals surface area contributed by atoms with E-state index in [1.54, 1.807) is 22.3 Å². The van der Waals surface area contributed by atoms with Gasteiger partial charge in [-0.05, 0) is 56.0 Å². The molecule has 0 bridgehead atoms. The molecule has 1 aliphatic carbocycles. The van der Waals surface area contributed by atoms with Crippen LogP contribution < -0.4 is 10.6 Å². The number of anilines is 1. The zero-order valence-electron chi connectivity index (χ0n) is 17.3. The highest BCUT2D eigenvalue weighted by atomic mass is 35.5. The summed E-state index contributed by atoms with van der Waals surface area (Å²) in [6.07, 6.45) is 4.99. The summed E-state index contributed by atoms with van der Waals surface area (Å²) in [7, 11) is 0. The maximum Gasteiger partial charge on any atom is 0.161 e. The van der Waals surface area contributed by atoms with E-state index < -0.39 is 11.7 Å². The third-order valence-electron chi connectivity index (χ3n) is 5.82. The van der Waals surface area contributed by atoms with Gasteiger partial charge in [-0.15, -0.1) is 11.3 Å². The second-order valence-corrected chi connectivity index (χ2v) is 9.43. The number of nitriles is 1. The third-order valence-corrected chi connectivity index (χ3v) is 7.32. The maximum absolute atomic E-state index is 13.8. The molecule has 4 nitrogen and oxygen atoms in total. The number of carbonyl (C=O) groups excluding carboxylic acids is 1. The van der Waals surface area contributed by atoms with E-state index in [1.165, 1.54) is 17.0 Å². The number of carbonyl (C=O) groups is 1. The summed E-state index contributed by atoms with van der Waals surface area (Å²) < 4.78 is 13.8. The van der Waals surface area contributed by atoms with Gasteiger partial charge in [0.15, 0.2) is 5.78 Å². The Morgan fingerprint density at radius 1 is 1.32 bits per heavy atom. The molecule has 0 saturated carbocycles. The van der Waals surface area contributed by atoms with E-state index in [0.29, 0.717) is 36.1 Å². The van der Waals surface area contributed by atoms with Gasteiger partial charge in [0, 0.05) is 33.1 Å². The average Bonchev–Trinajstić information content (AvgIpc) is 3.22. The van der Waals surface area contributed by atoms with Crippen LogP contribution in [0, 0.1) is 17.1 Å². The predicted molar refractivity (Wildman–Crippen MR) is 122 cm³/mol. The molecule has 0 amide bonds. The Morgan fingerprint density at radius 2 is 2.13 bits per heavy atom. The van der Waals surface area contributed by atoms with Crippen LogP contribution in [0.1, 0.15) is 54.7 Å². The second kappa shape index (κ2) is 8.86. The van der Waals surface area contributed by atoms with Crippen molar-refractivity contribution in [2.75, 3.05) is 4.90 Å². The van der Waals surface area contributed by atoms with Crippen LogP contribution in [-0.4, -0.2) is 5.78 Å². The Hall–Kier alpha value is -2.62. The summed E-state index contributed by atoms with van der Waals surface area (Å²) in [5, 5.41) is 10.0. The molecule has 1 atom stereocenters. The first-order valence-corrected chi connectivity index (χ1v) is 11.7. The summed E-state index contributed by atoms with van der Waals surface area (Å²) in [6, 6.07) is 10.7. The molecule has 1 unspecified atom stereocenters. The first-order chi connectivity index (χ1) is 15.0. The molecule has 1 aromatic heterocycles. The van der Waals surface area contributed by atoms with Gasteiger partial charge < -0.3 is 5.73 Å². The van der Waals surface area contributed by atoms with Crippen molar-refractivity contribution in [1.29, 1.82) is 5.26 Å². The number of aryl methyl sites for hydroxylation is 1. The summed E-state index contributed by atoms with van der Waals surface area (Å²) >= 11 is 7.66. The number of ketones is 1. The van der Waals surface area contributed by atoms with Crippen LogP contribution in [0.5, 0.6) is 0 Å². The monoisotopic (exact) mass is 455 g/mol. The standard InChI is InChI=1S/C24H23ClFN3OS/c1-2-3-5-15-9-11-21(31-15)22-16(13-27)24(28)29(14-8-10-18(26)17(25)12-14)19-6-4-7-20(30)23(19)22/h8-12,22H,2-7,28H2,1H3. The van der Waals surface area contributed by atoms with Gasteiger partial charge in [-0.1, -0.05) is 24.9 Å². The molecule has 31 heavy (non-hydrogen) atoms. The van der Waals surface area contributed by atoms with Crippen molar-refractivity contribution in [2.24, 2.45) is 5.73 Å². The zero-order chi connectivity index (χ0) is 22.1. The van der Waals surface area contributed by atoms with Gasteiger partial charge in [-0.3, -0.25) is 9.69 Å². The molecule has 1 aliphatic heterocycles. The van der Waals surface area contributed by atoms with Gasteiger partial charge in [0.2, 0.25) is 0 Å². The number of hydrogen-bond donors (Lipinski definition) is 1. The fraction of sp³-hybridized carbons (Fsp3) is 0.333. The van der Waals surface area contributed by atoms with E-state index >= 15 is 0 Å². The Balaban J connectivity index is 1.87. The van der Waals surface area contributed by atoms with Crippen molar-refractivity contribution in [3.8, 4) is 6.07 Å². The molecule has 7 heteroatoms. The number of thiophene rings is 1. The second-order valence-electron chi connectivity index (χ2n) is 7.82. The molecule has 2 heterocycles. The number of allylic oxidation sites excluding steroid dienone is 3. The van der Waals surface area contributed by atoms with Gasteiger partial charge in [0.25, 0.3) is 0 Å². The SMILES string of the molecule is CCCCc1ccc(C2C(C#N)=C(N)N(c3ccc(F)c(Cl)c3)C3=C2C(=O)CCC3)s1. The quantitative estimate of drug-likeness (QED) is 0.583. The van der Waals surface area contributed by atoms with E-state index in [9.17, 15) is 14.4 Å². The van der Waals surface area contributed by atoms with Gasteiger partial charge in [-0.2, -0.15) is 5.26 Å². The molecule has 0 saturated heterocycles. The fourth-order valence-corrected chi connectivity index (χ4v) is 5.67. The van der Waals surface area contributed by atoms with E-state index in [2.05, 4.69) is 19.1 Å². The molecule has 1 aromatic carbocycles. The van der Waals surface area contributed by atoms with Crippen LogP contribution in [0.2, 0.25) is 5.02 Å². The number of benzene rings is 1. The Bertz CT molecular complexity index is 1140. The minimum absolute atomic E-state index is 0.0333. The van der Waals surface area contributed by atoms with Crippen LogP contribution in [0.4, 0.5) is 10.1 Å². The molecule has 2 aromatic rings. The van der Waals surface area contributed by atoms with E-state index in [-0.39, 0.29) is 16.6 Å². The largest absolute Gasteiger partial charge is 0.384 e. The molecule has 0 spiro atoms. The van der Waals surface area contributed by atoms with Crippen molar-refractivity contribution in [3.05, 3.63) is 73.6 Å². The summed E-state index contributed by atoms with van der Waals surface area (Å²) in [5.41, 5.74) is 8.83. The molecule has 160 valence electrons. The van der Waals surface area contributed by atoms with E-state index in [0.717, 1.165) is 29.8 Å². The Kier molecular flexibility index (Phi) is 6.17. The minimum atomic E-state index is -0.532. The molecule has 2 N–H and O–H groups in total. The smallest absolute Gasteiger partial charge is 0.161 e. The summed E-state index contributed by atoms with van der Waals surface area (Å²) in [4.78, 5) is 17.0. The Morgan fingerprint density at radius 3 is 2.84 bits per heavy atom. The fourth-order valence-electron chi connectivity index (χ4n) is 4.33. The van der Waals surface area contributed by atoms with Gasteiger partial charge in [0.05, 0.1) is 22.6 Å². The number of hydrogen-bond acceptors (Lipinski definition) is 5. The molecule has 2 aliphatic rings. The van der Waals surface area contributed by atoms with Crippen LogP contribution in [0.15, 0.2) is 53.0 Å². The average molecular weight is 456 g/mol. The lowest BCUT2D eigenvalue weighted by molar-refractivity contribution is -0.116. The Labute approximate surface area is 190 Å². The highest BCUT2D eigenvalue weighted by molar-refractivity contribution is 7.12.